The maximum Gasteiger partial charge on any atom is 0.271 e. The molecule has 1 aromatic heterocycles. The Kier molecular flexibility index (Phi) is 5.95. The van der Waals surface area contributed by atoms with Crippen LogP contribution in [0.1, 0.15) is 16.8 Å². The Morgan fingerprint density at radius 2 is 1.72 bits per heavy atom. The van der Waals surface area contributed by atoms with Crippen LogP contribution < -0.4 is 15.6 Å². The molecule has 29 heavy (non-hydrogen) atoms. The van der Waals surface area contributed by atoms with E-state index in [0.717, 1.165) is 35.2 Å². The van der Waals surface area contributed by atoms with Gasteiger partial charge in [-0.15, -0.1) is 0 Å². The molecule has 0 atom stereocenters. The van der Waals surface area contributed by atoms with Crippen molar-refractivity contribution >= 4 is 32.7 Å². The standard InChI is InChI=1S/C19H19FN4O4S/c1-24-12-16(15-4-2-3-5-17(15)24)19(26)23-22-18(25)10-11-21-29(27,28)14-8-6-13(20)7-9-14/h2-9,12,21H,10-11H2,1H3,(H,22,25)(H,23,26). The van der Waals surface area contributed by atoms with Gasteiger partial charge in [0.2, 0.25) is 15.9 Å². The summed E-state index contributed by atoms with van der Waals surface area (Å²) in [4.78, 5) is 24.1. The zero-order valence-electron chi connectivity index (χ0n) is 15.5. The average molecular weight is 418 g/mol. The summed E-state index contributed by atoms with van der Waals surface area (Å²) in [6.07, 6.45) is 1.46. The van der Waals surface area contributed by atoms with E-state index >= 15 is 0 Å². The quantitative estimate of drug-likeness (QED) is 0.527. The molecular formula is C19H19FN4O4S. The molecule has 1 heterocycles. The number of aromatic nitrogens is 1. The molecule has 0 unspecified atom stereocenters. The second kappa shape index (κ2) is 8.41. The number of hydrogen-bond acceptors (Lipinski definition) is 4. The maximum absolute atomic E-state index is 12.9. The number of para-hydroxylation sites is 1. The lowest BCUT2D eigenvalue weighted by Gasteiger charge is -2.08. The molecule has 3 N–H and O–H groups in total. The third-order valence-electron chi connectivity index (χ3n) is 4.23. The van der Waals surface area contributed by atoms with Crippen molar-refractivity contribution in [1.82, 2.24) is 20.1 Å². The van der Waals surface area contributed by atoms with E-state index in [2.05, 4.69) is 15.6 Å². The highest BCUT2D eigenvalue weighted by molar-refractivity contribution is 7.89. The molecule has 3 aromatic rings. The van der Waals surface area contributed by atoms with E-state index in [-0.39, 0.29) is 17.9 Å². The Labute approximate surface area is 166 Å². The molecule has 0 bridgehead atoms. The van der Waals surface area contributed by atoms with Crippen LogP contribution in [0.2, 0.25) is 0 Å². The smallest absolute Gasteiger partial charge is 0.271 e. The van der Waals surface area contributed by atoms with Gasteiger partial charge in [-0.05, 0) is 30.3 Å². The molecule has 0 saturated heterocycles. The number of nitrogens with zero attached hydrogens (tertiary/aromatic N) is 1. The van der Waals surface area contributed by atoms with Gasteiger partial charge in [-0.2, -0.15) is 0 Å². The van der Waals surface area contributed by atoms with Crippen molar-refractivity contribution in [3.8, 4) is 0 Å². The number of amides is 2. The van der Waals surface area contributed by atoms with Crippen LogP contribution in [-0.2, 0) is 21.9 Å². The SMILES string of the molecule is Cn1cc(C(=O)NNC(=O)CCNS(=O)(=O)c2ccc(F)cc2)c2ccccc21. The zero-order chi connectivity index (χ0) is 21.0. The summed E-state index contributed by atoms with van der Waals surface area (Å²) in [7, 11) is -2.04. The van der Waals surface area contributed by atoms with E-state index in [1.807, 2.05) is 25.2 Å². The van der Waals surface area contributed by atoms with Crippen molar-refractivity contribution < 1.29 is 22.4 Å². The minimum Gasteiger partial charge on any atom is -0.350 e. The summed E-state index contributed by atoms with van der Waals surface area (Å²) in [6.45, 7) is -0.185. The number of fused-ring (bicyclic) bond motifs is 1. The molecule has 0 radical (unpaired) electrons. The summed E-state index contributed by atoms with van der Waals surface area (Å²) in [5, 5.41) is 0.744. The molecule has 152 valence electrons. The van der Waals surface area contributed by atoms with Crippen LogP contribution in [0.25, 0.3) is 10.9 Å². The first-order valence-corrected chi connectivity index (χ1v) is 10.1. The number of hydrazine groups is 1. The molecule has 0 aliphatic heterocycles. The first-order chi connectivity index (χ1) is 13.8. The average Bonchev–Trinajstić information content (AvgIpc) is 3.03. The minimum absolute atomic E-state index is 0.108. The maximum atomic E-state index is 12.9. The van der Waals surface area contributed by atoms with Gasteiger partial charge in [-0.3, -0.25) is 20.4 Å². The van der Waals surface area contributed by atoms with Crippen LogP contribution in [0.15, 0.2) is 59.6 Å². The molecule has 0 saturated carbocycles. The van der Waals surface area contributed by atoms with Crippen LogP contribution >= 0.6 is 0 Å². The summed E-state index contributed by atoms with van der Waals surface area (Å²) >= 11 is 0. The van der Waals surface area contributed by atoms with Crippen molar-refractivity contribution in [2.24, 2.45) is 7.05 Å². The first kappa shape index (κ1) is 20.5. The fourth-order valence-corrected chi connectivity index (χ4v) is 3.81. The molecule has 8 nitrogen and oxygen atoms in total. The number of aryl methyl sites for hydroxylation is 1. The molecule has 0 spiro atoms. The summed E-state index contributed by atoms with van der Waals surface area (Å²) in [5.74, 6) is -1.60. The number of nitrogens with one attached hydrogen (secondary N) is 3. The molecule has 2 amide bonds. The Morgan fingerprint density at radius 1 is 1.03 bits per heavy atom. The van der Waals surface area contributed by atoms with E-state index < -0.39 is 27.7 Å². The molecule has 10 heteroatoms. The molecular weight excluding hydrogens is 399 g/mol. The number of rotatable bonds is 6. The lowest BCUT2D eigenvalue weighted by molar-refractivity contribution is -0.121. The van der Waals surface area contributed by atoms with Gasteiger partial charge in [-0.1, -0.05) is 18.2 Å². The summed E-state index contributed by atoms with van der Waals surface area (Å²) in [6, 6.07) is 11.7. The number of carbonyl (C=O) groups excluding carboxylic acids is 2. The van der Waals surface area contributed by atoms with Gasteiger partial charge in [0.15, 0.2) is 0 Å². The molecule has 0 aliphatic rings. The predicted molar refractivity (Wildman–Crippen MR) is 105 cm³/mol. The van der Waals surface area contributed by atoms with E-state index in [1.165, 1.54) is 0 Å². The zero-order valence-corrected chi connectivity index (χ0v) is 16.3. The van der Waals surface area contributed by atoms with Gasteiger partial charge in [0.1, 0.15) is 5.82 Å². The van der Waals surface area contributed by atoms with Gasteiger partial charge in [0.25, 0.3) is 5.91 Å². The third-order valence-corrected chi connectivity index (χ3v) is 5.70. The highest BCUT2D eigenvalue weighted by Crippen LogP contribution is 2.19. The lowest BCUT2D eigenvalue weighted by Crippen LogP contribution is -2.42. The van der Waals surface area contributed by atoms with Crippen molar-refractivity contribution in [3.63, 3.8) is 0 Å². The van der Waals surface area contributed by atoms with Crippen molar-refractivity contribution in [1.29, 1.82) is 0 Å². The monoisotopic (exact) mass is 418 g/mol. The fraction of sp³-hybridized carbons (Fsp3) is 0.158. The number of carbonyl (C=O) groups is 2. The normalized spacial score (nSPS) is 11.4. The van der Waals surface area contributed by atoms with Crippen LogP contribution in [0.3, 0.4) is 0 Å². The highest BCUT2D eigenvalue weighted by atomic mass is 32.2. The predicted octanol–water partition coefficient (Wildman–Crippen LogP) is 1.45. The summed E-state index contributed by atoms with van der Waals surface area (Å²) in [5.41, 5.74) is 5.85. The van der Waals surface area contributed by atoms with Gasteiger partial charge < -0.3 is 4.57 Å². The van der Waals surface area contributed by atoms with Gasteiger partial charge in [-0.25, -0.2) is 17.5 Å². The van der Waals surface area contributed by atoms with Gasteiger partial charge in [0.05, 0.1) is 10.5 Å². The Balaban J connectivity index is 1.51. The Bertz CT molecular complexity index is 1160. The minimum atomic E-state index is -3.86. The van der Waals surface area contributed by atoms with E-state index in [4.69, 9.17) is 0 Å². The number of sulfonamides is 1. The second-order valence-corrected chi connectivity index (χ2v) is 8.04. The van der Waals surface area contributed by atoms with Crippen LogP contribution in [0.5, 0.6) is 0 Å². The van der Waals surface area contributed by atoms with Crippen LogP contribution in [0, 0.1) is 5.82 Å². The van der Waals surface area contributed by atoms with Crippen molar-refractivity contribution in [2.45, 2.75) is 11.3 Å². The Morgan fingerprint density at radius 3 is 2.45 bits per heavy atom. The molecule has 3 rings (SSSR count). The van der Waals surface area contributed by atoms with Crippen LogP contribution in [-0.4, -0.2) is 31.3 Å². The lowest BCUT2D eigenvalue weighted by atomic mass is 10.2. The third kappa shape index (κ3) is 4.79. The van der Waals surface area contributed by atoms with Crippen LogP contribution in [0.4, 0.5) is 4.39 Å². The van der Waals surface area contributed by atoms with Gasteiger partial charge in [0, 0.05) is 37.1 Å². The van der Waals surface area contributed by atoms with E-state index in [0.29, 0.717) is 5.56 Å². The first-order valence-electron chi connectivity index (χ1n) is 8.66. The Hall–Kier alpha value is -3.24. The van der Waals surface area contributed by atoms with E-state index in [1.54, 1.807) is 16.8 Å². The molecule has 0 aliphatic carbocycles. The molecule has 2 aromatic carbocycles. The number of hydrogen-bond donors (Lipinski definition) is 3. The van der Waals surface area contributed by atoms with Crippen molar-refractivity contribution in [2.75, 3.05) is 6.54 Å². The number of halogens is 1. The van der Waals surface area contributed by atoms with Crippen molar-refractivity contribution in [3.05, 3.63) is 66.1 Å². The second-order valence-electron chi connectivity index (χ2n) is 6.27. The van der Waals surface area contributed by atoms with E-state index in [9.17, 15) is 22.4 Å². The van der Waals surface area contributed by atoms with Gasteiger partial charge >= 0.3 is 0 Å². The topological polar surface area (TPSA) is 109 Å². The number of benzene rings is 2. The highest BCUT2D eigenvalue weighted by Gasteiger charge is 2.16. The molecule has 0 fully saturated rings. The largest absolute Gasteiger partial charge is 0.350 e. The summed E-state index contributed by atoms with van der Waals surface area (Å²) < 4.78 is 41.1. The fourth-order valence-electron chi connectivity index (χ4n) is 2.77.